The highest BCUT2D eigenvalue weighted by Crippen LogP contribution is 2.21. The van der Waals surface area contributed by atoms with Gasteiger partial charge in [0.05, 0.1) is 6.61 Å². The molecule has 1 aromatic rings. The van der Waals surface area contributed by atoms with E-state index in [-0.39, 0.29) is 0 Å². The highest BCUT2D eigenvalue weighted by Gasteiger charge is 2.39. The molecule has 0 saturated heterocycles. The lowest BCUT2D eigenvalue weighted by Crippen LogP contribution is -2.45. The standard InChI is InChI=1S/C23H38O6Si/c1-4-27-30(28-5-2,29-6-3)20-12-10-8-7-9-11-19-26-22-16-13-21(14-17-22)15-18-23(24)25/h13-18H,4-12,19-20H2,1-3H3,(H,24,25)/b18-15+. The minimum absolute atomic E-state index is 0.633. The van der Waals surface area contributed by atoms with Crippen molar-refractivity contribution in [1.29, 1.82) is 0 Å². The summed E-state index contributed by atoms with van der Waals surface area (Å²) in [5, 5.41) is 8.64. The molecule has 1 rings (SSSR count). The molecule has 170 valence electrons. The molecule has 0 aliphatic rings. The second-order valence-electron chi connectivity index (χ2n) is 6.94. The molecule has 0 amide bonds. The van der Waals surface area contributed by atoms with Gasteiger partial charge < -0.3 is 23.1 Å². The molecule has 0 aliphatic heterocycles. The van der Waals surface area contributed by atoms with Crippen LogP contribution in [-0.2, 0) is 18.1 Å². The van der Waals surface area contributed by atoms with Crippen molar-refractivity contribution in [3.8, 4) is 5.75 Å². The fraction of sp³-hybridized carbons (Fsp3) is 0.609. The Morgan fingerprint density at radius 3 is 1.93 bits per heavy atom. The second kappa shape index (κ2) is 16.1. The molecule has 0 unspecified atom stereocenters. The van der Waals surface area contributed by atoms with Gasteiger partial charge in [-0.3, -0.25) is 0 Å². The van der Waals surface area contributed by atoms with E-state index < -0.39 is 14.8 Å². The van der Waals surface area contributed by atoms with Crippen LogP contribution in [0.1, 0.15) is 64.9 Å². The number of hydrogen-bond acceptors (Lipinski definition) is 5. The van der Waals surface area contributed by atoms with Crippen molar-refractivity contribution in [3.63, 3.8) is 0 Å². The first-order valence-electron chi connectivity index (χ1n) is 11.1. The van der Waals surface area contributed by atoms with Crippen LogP contribution in [0.5, 0.6) is 5.75 Å². The van der Waals surface area contributed by atoms with E-state index in [4.69, 9.17) is 23.1 Å². The minimum Gasteiger partial charge on any atom is -0.494 e. The Morgan fingerprint density at radius 1 is 0.867 bits per heavy atom. The number of carboxylic acid groups (broad SMARTS) is 1. The molecule has 1 aromatic carbocycles. The zero-order chi connectivity index (χ0) is 22.1. The molecular weight excluding hydrogens is 400 g/mol. The van der Waals surface area contributed by atoms with Crippen molar-refractivity contribution >= 4 is 20.8 Å². The van der Waals surface area contributed by atoms with Crippen LogP contribution < -0.4 is 4.74 Å². The normalized spacial score (nSPS) is 11.8. The highest BCUT2D eigenvalue weighted by molar-refractivity contribution is 6.60. The topological polar surface area (TPSA) is 74.2 Å². The average molecular weight is 439 g/mol. The Hall–Kier alpha value is -1.67. The van der Waals surface area contributed by atoms with E-state index in [1.54, 1.807) is 6.08 Å². The lowest BCUT2D eigenvalue weighted by molar-refractivity contribution is -0.131. The van der Waals surface area contributed by atoms with E-state index in [0.29, 0.717) is 26.4 Å². The number of hydrogen-bond donors (Lipinski definition) is 1. The summed E-state index contributed by atoms with van der Waals surface area (Å²) in [6, 6.07) is 8.33. The third-order valence-electron chi connectivity index (χ3n) is 4.54. The monoisotopic (exact) mass is 438 g/mol. The van der Waals surface area contributed by atoms with E-state index in [1.807, 2.05) is 45.0 Å². The van der Waals surface area contributed by atoms with Crippen LogP contribution in [0.2, 0.25) is 6.04 Å². The van der Waals surface area contributed by atoms with Crippen molar-refractivity contribution in [3.05, 3.63) is 35.9 Å². The van der Waals surface area contributed by atoms with Crippen LogP contribution in [-0.4, -0.2) is 46.3 Å². The van der Waals surface area contributed by atoms with Gasteiger partial charge >= 0.3 is 14.8 Å². The molecule has 0 spiro atoms. The lowest BCUT2D eigenvalue weighted by atomic mass is 10.1. The zero-order valence-electron chi connectivity index (χ0n) is 18.7. The highest BCUT2D eigenvalue weighted by atomic mass is 28.4. The van der Waals surface area contributed by atoms with E-state index in [0.717, 1.165) is 49.1 Å². The first-order chi connectivity index (χ1) is 14.5. The summed E-state index contributed by atoms with van der Waals surface area (Å²) in [7, 11) is -2.48. The van der Waals surface area contributed by atoms with Gasteiger partial charge in [-0.05, 0) is 57.4 Å². The largest absolute Gasteiger partial charge is 0.500 e. The van der Waals surface area contributed by atoms with Crippen LogP contribution in [0.4, 0.5) is 0 Å². The summed E-state index contributed by atoms with van der Waals surface area (Å²) in [6.07, 6.45) is 9.48. The van der Waals surface area contributed by atoms with Crippen LogP contribution in [0, 0.1) is 0 Å². The molecule has 0 aliphatic carbocycles. The Morgan fingerprint density at radius 2 is 1.40 bits per heavy atom. The van der Waals surface area contributed by atoms with Crippen molar-refractivity contribution in [1.82, 2.24) is 0 Å². The summed E-state index contributed by atoms with van der Waals surface area (Å²) < 4.78 is 23.4. The van der Waals surface area contributed by atoms with E-state index >= 15 is 0 Å². The third-order valence-corrected chi connectivity index (χ3v) is 7.69. The smallest absolute Gasteiger partial charge is 0.494 e. The summed E-state index contributed by atoms with van der Waals surface area (Å²) in [6.45, 7) is 8.57. The molecule has 1 N–H and O–H groups in total. The summed E-state index contributed by atoms with van der Waals surface area (Å²) >= 11 is 0. The number of benzene rings is 1. The first-order valence-corrected chi connectivity index (χ1v) is 13.0. The number of rotatable bonds is 18. The number of carboxylic acids is 1. The predicted octanol–water partition coefficient (Wildman–Crippen LogP) is 5.55. The molecule has 0 fully saturated rings. The molecule has 0 radical (unpaired) electrons. The van der Waals surface area contributed by atoms with Gasteiger partial charge in [0.2, 0.25) is 0 Å². The van der Waals surface area contributed by atoms with Gasteiger partial charge in [0, 0.05) is 31.9 Å². The molecule has 7 heteroatoms. The fourth-order valence-electron chi connectivity index (χ4n) is 3.18. The van der Waals surface area contributed by atoms with E-state index in [9.17, 15) is 4.79 Å². The molecular formula is C23H38O6Si. The zero-order valence-corrected chi connectivity index (χ0v) is 19.7. The predicted molar refractivity (Wildman–Crippen MR) is 122 cm³/mol. The molecule has 0 saturated carbocycles. The van der Waals surface area contributed by atoms with Gasteiger partial charge in [0.15, 0.2) is 0 Å². The van der Waals surface area contributed by atoms with Crippen molar-refractivity contribution in [2.75, 3.05) is 26.4 Å². The molecule has 30 heavy (non-hydrogen) atoms. The second-order valence-corrected chi connectivity index (χ2v) is 9.67. The first kappa shape index (κ1) is 26.4. The maximum absolute atomic E-state index is 10.5. The number of ether oxygens (including phenoxy) is 1. The Labute approximate surface area is 182 Å². The van der Waals surface area contributed by atoms with Gasteiger partial charge in [0.25, 0.3) is 0 Å². The maximum Gasteiger partial charge on any atom is 0.500 e. The lowest BCUT2D eigenvalue weighted by Gasteiger charge is -2.28. The fourth-order valence-corrected chi connectivity index (χ4v) is 5.87. The summed E-state index contributed by atoms with van der Waals surface area (Å²) in [5.41, 5.74) is 0.842. The van der Waals surface area contributed by atoms with Crippen molar-refractivity contribution in [2.24, 2.45) is 0 Å². The average Bonchev–Trinajstić information content (AvgIpc) is 2.72. The summed E-state index contributed by atoms with van der Waals surface area (Å²) in [5.74, 6) is -0.138. The maximum atomic E-state index is 10.5. The molecule has 0 bridgehead atoms. The number of aliphatic carboxylic acids is 1. The van der Waals surface area contributed by atoms with Gasteiger partial charge in [-0.2, -0.15) is 0 Å². The van der Waals surface area contributed by atoms with Crippen LogP contribution >= 0.6 is 0 Å². The van der Waals surface area contributed by atoms with Crippen LogP contribution in [0.25, 0.3) is 6.08 Å². The van der Waals surface area contributed by atoms with Crippen molar-refractivity contribution in [2.45, 2.75) is 65.3 Å². The van der Waals surface area contributed by atoms with E-state index in [2.05, 4.69) is 0 Å². The Bertz CT molecular complexity index is 585. The Kier molecular flexibility index (Phi) is 14.1. The van der Waals surface area contributed by atoms with Gasteiger partial charge in [-0.1, -0.05) is 37.8 Å². The SMILES string of the molecule is CCO[Si](CCCCCCCCOc1ccc(/C=C/C(=O)O)cc1)(OCC)OCC. The molecule has 0 aromatic heterocycles. The summed E-state index contributed by atoms with van der Waals surface area (Å²) in [4.78, 5) is 10.5. The van der Waals surface area contributed by atoms with E-state index in [1.165, 1.54) is 12.8 Å². The number of unbranched alkanes of at least 4 members (excludes halogenated alkanes) is 5. The third kappa shape index (κ3) is 11.5. The minimum atomic E-state index is -2.48. The number of carbonyl (C=O) groups is 1. The quantitative estimate of drug-likeness (QED) is 0.184. The van der Waals surface area contributed by atoms with Gasteiger partial charge in [-0.25, -0.2) is 4.79 Å². The molecule has 6 nitrogen and oxygen atoms in total. The van der Waals surface area contributed by atoms with Crippen LogP contribution in [0.3, 0.4) is 0 Å². The molecule has 0 heterocycles. The van der Waals surface area contributed by atoms with Crippen LogP contribution in [0.15, 0.2) is 30.3 Å². The van der Waals surface area contributed by atoms with Crippen molar-refractivity contribution < 1.29 is 27.9 Å². The Balaban J connectivity index is 2.14. The van der Waals surface area contributed by atoms with Gasteiger partial charge in [0.1, 0.15) is 5.75 Å². The van der Waals surface area contributed by atoms with Gasteiger partial charge in [-0.15, -0.1) is 0 Å². The molecule has 0 atom stereocenters.